The van der Waals surface area contributed by atoms with E-state index >= 15 is 0 Å². The minimum absolute atomic E-state index is 0.220. The average Bonchev–Trinajstić information content (AvgIpc) is 2.40. The van der Waals surface area contributed by atoms with Crippen LogP contribution in [-0.4, -0.2) is 55.6 Å². The SMILES string of the molecule is C[C@@H](C(=O)O)N(C)C(=O)CCCCC(=O)OCC[Si](C)(C)C. The minimum Gasteiger partial charge on any atom is -0.480 e. The summed E-state index contributed by atoms with van der Waals surface area (Å²) in [5, 5.41) is 8.83. The molecule has 1 atom stereocenters. The van der Waals surface area contributed by atoms with Crippen molar-refractivity contribution in [2.24, 2.45) is 0 Å². The molecule has 0 radical (unpaired) electrons. The van der Waals surface area contributed by atoms with Gasteiger partial charge in [0.15, 0.2) is 0 Å². The number of esters is 1. The smallest absolute Gasteiger partial charge is 0.326 e. The predicted octanol–water partition coefficient (Wildman–Crippen LogP) is 2.36. The number of carboxylic acids is 1. The van der Waals surface area contributed by atoms with Crippen LogP contribution < -0.4 is 0 Å². The Morgan fingerprint density at radius 2 is 1.68 bits per heavy atom. The molecule has 0 aliphatic rings. The van der Waals surface area contributed by atoms with E-state index in [1.165, 1.54) is 18.9 Å². The van der Waals surface area contributed by atoms with Crippen LogP contribution in [0.2, 0.25) is 25.7 Å². The van der Waals surface area contributed by atoms with Crippen LogP contribution in [0.1, 0.15) is 32.6 Å². The van der Waals surface area contributed by atoms with Gasteiger partial charge >= 0.3 is 11.9 Å². The highest BCUT2D eigenvalue weighted by atomic mass is 28.3. The second kappa shape index (κ2) is 9.60. The third-order valence-electron chi connectivity index (χ3n) is 3.47. The van der Waals surface area contributed by atoms with Crippen LogP contribution in [0.25, 0.3) is 0 Å². The molecule has 0 saturated carbocycles. The summed E-state index contributed by atoms with van der Waals surface area (Å²) in [6, 6.07) is 0.119. The molecule has 0 heterocycles. The number of likely N-dealkylation sites (N-methyl/N-ethyl adjacent to an activating group) is 1. The number of hydrogen-bond acceptors (Lipinski definition) is 4. The summed E-state index contributed by atoms with van der Waals surface area (Å²) in [4.78, 5) is 35.3. The molecule has 0 aromatic rings. The molecule has 22 heavy (non-hydrogen) atoms. The lowest BCUT2D eigenvalue weighted by molar-refractivity contribution is -0.148. The van der Waals surface area contributed by atoms with Crippen LogP contribution in [0.3, 0.4) is 0 Å². The molecular formula is C15H29NO5Si. The standard InChI is InChI=1S/C15H29NO5Si/c1-12(15(19)20)16(2)13(17)8-6-7-9-14(18)21-10-11-22(3,4)5/h12H,6-11H2,1-5H3,(H,19,20)/t12-/m0/s1. The first-order chi connectivity index (χ1) is 10.0. The Morgan fingerprint density at radius 3 is 2.18 bits per heavy atom. The molecular weight excluding hydrogens is 302 g/mol. The van der Waals surface area contributed by atoms with E-state index < -0.39 is 20.1 Å². The van der Waals surface area contributed by atoms with E-state index in [1.54, 1.807) is 0 Å². The van der Waals surface area contributed by atoms with Gasteiger partial charge in [0.25, 0.3) is 0 Å². The number of nitrogens with zero attached hydrogens (tertiary/aromatic N) is 1. The van der Waals surface area contributed by atoms with Crippen LogP contribution in [0.5, 0.6) is 0 Å². The molecule has 0 aliphatic carbocycles. The highest BCUT2D eigenvalue weighted by Gasteiger charge is 2.21. The van der Waals surface area contributed by atoms with E-state index in [2.05, 4.69) is 19.6 Å². The molecule has 0 aromatic heterocycles. The topological polar surface area (TPSA) is 83.9 Å². The molecule has 128 valence electrons. The van der Waals surface area contributed by atoms with Gasteiger partial charge in [-0.15, -0.1) is 0 Å². The van der Waals surface area contributed by atoms with Gasteiger partial charge in [-0.1, -0.05) is 19.6 Å². The molecule has 1 amide bonds. The zero-order valence-electron chi connectivity index (χ0n) is 14.3. The summed E-state index contributed by atoms with van der Waals surface area (Å²) in [6.07, 6.45) is 1.68. The lowest BCUT2D eigenvalue weighted by Gasteiger charge is -2.21. The number of carbonyl (C=O) groups is 3. The Labute approximate surface area is 133 Å². The number of carbonyl (C=O) groups excluding carboxylic acids is 2. The monoisotopic (exact) mass is 331 g/mol. The van der Waals surface area contributed by atoms with Gasteiger partial charge < -0.3 is 14.7 Å². The van der Waals surface area contributed by atoms with E-state index in [9.17, 15) is 14.4 Å². The summed E-state index contributed by atoms with van der Waals surface area (Å²) in [7, 11) is 0.293. The first-order valence-corrected chi connectivity index (χ1v) is 11.4. The van der Waals surface area contributed by atoms with Crippen molar-refractivity contribution in [3.63, 3.8) is 0 Å². The van der Waals surface area contributed by atoms with Crippen LogP contribution in [0, 0.1) is 0 Å². The molecule has 0 fully saturated rings. The van der Waals surface area contributed by atoms with Gasteiger partial charge in [-0.3, -0.25) is 9.59 Å². The van der Waals surface area contributed by atoms with Crippen molar-refractivity contribution >= 4 is 25.9 Å². The quantitative estimate of drug-likeness (QED) is 0.377. The van der Waals surface area contributed by atoms with Gasteiger partial charge in [0, 0.05) is 28.0 Å². The van der Waals surface area contributed by atoms with E-state index in [4.69, 9.17) is 9.84 Å². The van der Waals surface area contributed by atoms with Gasteiger partial charge in [0.05, 0.1) is 6.61 Å². The van der Waals surface area contributed by atoms with Crippen LogP contribution >= 0.6 is 0 Å². The first kappa shape index (κ1) is 20.6. The van der Waals surface area contributed by atoms with Crippen LogP contribution in [-0.2, 0) is 19.1 Å². The van der Waals surface area contributed by atoms with Crippen molar-refractivity contribution in [3.8, 4) is 0 Å². The molecule has 0 unspecified atom stereocenters. The van der Waals surface area contributed by atoms with Crippen molar-refractivity contribution in [2.75, 3.05) is 13.7 Å². The van der Waals surface area contributed by atoms with Crippen molar-refractivity contribution in [1.29, 1.82) is 0 Å². The fourth-order valence-corrected chi connectivity index (χ4v) is 2.36. The van der Waals surface area contributed by atoms with E-state index in [0.717, 1.165) is 6.04 Å². The molecule has 0 spiro atoms. The Morgan fingerprint density at radius 1 is 1.14 bits per heavy atom. The highest BCUT2D eigenvalue weighted by Crippen LogP contribution is 2.09. The third kappa shape index (κ3) is 9.54. The highest BCUT2D eigenvalue weighted by molar-refractivity contribution is 6.76. The Balaban J connectivity index is 3.82. The normalized spacial score (nSPS) is 12.6. The largest absolute Gasteiger partial charge is 0.480 e. The molecule has 0 aromatic carbocycles. The van der Waals surface area contributed by atoms with E-state index in [1.807, 2.05) is 0 Å². The molecule has 0 aliphatic heterocycles. The molecule has 6 nitrogen and oxygen atoms in total. The lowest BCUT2D eigenvalue weighted by atomic mass is 10.1. The zero-order chi connectivity index (χ0) is 17.3. The zero-order valence-corrected chi connectivity index (χ0v) is 15.3. The van der Waals surface area contributed by atoms with Crippen molar-refractivity contribution in [1.82, 2.24) is 4.90 Å². The van der Waals surface area contributed by atoms with Crippen LogP contribution in [0.4, 0.5) is 0 Å². The lowest BCUT2D eigenvalue weighted by Crippen LogP contribution is -2.40. The maximum absolute atomic E-state index is 11.8. The van der Waals surface area contributed by atoms with Crippen molar-refractivity contribution < 1.29 is 24.2 Å². The third-order valence-corrected chi connectivity index (χ3v) is 5.17. The maximum atomic E-state index is 11.8. The molecule has 7 heteroatoms. The number of ether oxygens (including phenoxy) is 1. The van der Waals surface area contributed by atoms with Gasteiger partial charge in [0.1, 0.15) is 6.04 Å². The summed E-state index contributed by atoms with van der Waals surface area (Å²) in [5.41, 5.74) is 0. The second-order valence-electron chi connectivity index (χ2n) is 6.76. The first-order valence-electron chi connectivity index (χ1n) is 7.68. The molecule has 1 N–H and O–H groups in total. The van der Waals surface area contributed by atoms with Gasteiger partial charge in [-0.05, 0) is 25.8 Å². The molecule has 0 rings (SSSR count). The van der Waals surface area contributed by atoms with Crippen molar-refractivity contribution in [3.05, 3.63) is 0 Å². The predicted molar refractivity (Wildman–Crippen MR) is 87.4 cm³/mol. The number of carboxylic acid groups (broad SMARTS) is 1. The van der Waals surface area contributed by atoms with Gasteiger partial charge in [-0.25, -0.2) is 4.79 Å². The number of hydrogen-bond donors (Lipinski definition) is 1. The van der Waals surface area contributed by atoms with Crippen molar-refractivity contribution in [2.45, 2.75) is 64.3 Å². The van der Waals surface area contributed by atoms with Gasteiger partial charge in [-0.2, -0.15) is 0 Å². The Bertz CT molecular complexity index is 392. The Kier molecular flexibility index (Phi) is 9.01. The molecule has 0 bridgehead atoms. The average molecular weight is 331 g/mol. The molecule has 0 saturated heterocycles. The number of aliphatic carboxylic acids is 1. The number of unbranched alkanes of at least 4 members (excludes halogenated alkanes) is 1. The summed E-state index contributed by atoms with van der Waals surface area (Å²) < 4.78 is 5.16. The number of rotatable bonds is 10. The summed E-state index contributed by atoms with van der Waals surface area (Å²) in [5.74, 6) is -1.47. The summed E-state index contributed by atoms with van der Waals surface area (Å²) >= 11 is 0. The van der Waals surface area contributed by atoms with Crippen LogP contribution in [0.15, 0.2) is 0 Å². The Hall–Kier alpha value is -1.37. The van der Waals surface area contributed by atoms with Gasteiger partial charge in [0.2, 0.25) is 5.91 Å². The van der Waals surface area contributed by atoms with E-state index in [0.29, 0.717) is 25.9 Å². The minimum atomic E-state index is -1.19. The van der Waals surface area contributed by atoms with E-state index in [-0.39, 0.29) is 18.3 Å². The number of amides is 1. The fraction of sp³-hybridized carbons (Fsp3) is 0.800. The summed E-state index contributed by atoms with van der Waals surface area (Å²) in [6.45, 7) is 8.62. The maximum Gasteiger partial charge on any atom is 0.326 e. The second-order valence-corrected chi connectivity index (χ2v) is 12.4. The fourth-order valence-electron chi connectivity index (χ4n) is 1.65.